The lowest BCUT2D eigenvalue weighted by molar-refractivity contribution is -0.312. The van der Waals surface area contributed by atoms with Gasteiger partial charge in [0.25, 0.3) is 0 Å². The van der Waals surface area contributed by atoms with Gasteiger partial charge in [0.15, 0.2) is 0 Å². The zero-order chi connectivity index (χ0) is 7.98. The maximum atomic E-state index is 8.42. The highest BCUT2D eigenvalue weighted by Gasteiger charge is 2.12. The van der Waals surface area contributed by atoms with E-state index < -0.39 is 0 Å². The zero-order valence-corrected chi connectivity index (χ0v) is 7.00. The Morgan fingerprint density at radius 1 is 1.30 bits per heavy atom. The molecule has 3 nitrogen and oxygen atoms in total. The molecule has 0 bridgehead atoms. The van der Waals surface area contributed by atoms with Gasteiger partial charge in [0, 0.05) is 0 Å². The maximum absolute atomic E-state index is 8.42. The average molecular weight is 147 g/mol. The average Bonchev–Trinajstić information content (AvgIpc) is 2.00. The van der Waals surface area contributed by atoms with Crippen LogP contribution in [0.1, 0.15) is 27.2 Å². The van der Waals surface area contributed by atoms with E-state index in [-0.39, 0.29) is 6.23 Å². The Bertz CT molecular complexity index is 60.0. The van der Waals surface area contributed by atoms with Crippen LogP contribution < -0.4 is 0 Å². The molecule has 0 aliphatic heterocycles. The molecule has 0 amide bonds. The molecule has 0 aliphatic rings. The van der Waals surface area contributed by atoms with E-state index in [4.69, 9.17) is 5.26 Å². The maximum Gasteiger partial charge on any atom is 0.145 e. The molecule has 0 heterocycles. The lowest BCUT2D eigenvalue weighted by Crippen LogP contribution is -2.35. The predicted molar refractivity (Wildman–Crippen MR) is 40.7 cm³/mol. The summed E-state index contributed by atoms with van der Waals surface area (Å²) in [5, 5.41) is 8.42. The first-order chi connectivity index (χ1) is 4.79. The second-order valence-electron chi connectivity index (χ2n) is 2.19. The van der Waals surface area contributed by atoms with Crippen molar-refractivity contribution in [3.63, 3.8) is 0 Å². The third-order valence-electron chi connectivity index (χ3n) is 1.69. The first-order valence-corrected chi connectivity index (χ1v) is 3.84. The Morgan fingerprint density at radius 3 is 1.90 bits per heavy atom. The zero-order valence-electron chi connectivity index (χ0n) is 7.00. The molecule has 1 unspecified atom stereocenters. The van der Waals surface area contributed by atoms with Gasteiger partial charge in [0.05, 0.1) is 0 Å². The van der Waals surface area contributed by atoms with E-state index in [0.717, 1.165) is 19.5 Å². The van der Waals surface area contributed by atoms with Gasteiger partial charge in [-0.3, -0.25) is 10.2 Å². The predicted octanol–water partition coefficient (Wildman–Crippen LogP) is 1.55. The summed E-state index contributed by atoms with van der Waals surface area (Å²) in [6, 6.07) is 0. The van der Waals surface area contributed by atoms with Crippen LogP contribution in [-0.4, -0.2) is 29.5 Å². The van der Waals surface area contributed by atoms with Gasteiger partial charge < -0.3 is 0 Å². The lowest BCUT2D eigenvalue weighted by atomic mass is 10.3. The molecule has 0 aromatic rings. The lowest BCUT2D eigenvalue weighted by Gasteiger charge is -2.25. The van der Waals surface area contributed by atoms with Crippen molar-refractivity contribution in [3.8, 4) is 0 Å². The van der Waals surface area contributed by atoms with Gasteiger partial charge in [0.1, 0.15) is 6.23 Å². The monoisotopic (exact) mass is 147 g/mol. The third kappa shape index (κ3) is 2.64. The van der Waals surface area contributed by atoms with Crippen LogP contribution in [0.15, 0.2) is 0 Å². The standard InChI is InChI=1S/C7H17NO2/c1-4-7(10-9)8(5-2)6-3/h7,9H,4-6H2,1-3H3. The molecule has 0 aromatic heterocycles. The van der Waals surface area contributed by atoms with Gasteiger partial charge in [-0.1, -0.05) is 20.8 Å². The number of rotatable bonds is 5. The summed E-state index contributed by atoms with van der Waals surface area (Å²) >= 11 is 0. The first-order valence-electron chi connectivity index (χ1n) is 3.84. The molecular formula is C7H17NO2. The van der Waals surface area contributed by atoms with Crippen molar-refractivity contribution >= 4 is 0 Å². The summed E-state index contributed by atoms with van der Waals surface area (Å²) in [5.41, 5.74) is 0. The Morgan fingerprint density at radius 2 is 1.80 bits per heavy atom. The van der Waals surface area contributed by atoms with Crippen molar-refractivity contribution in [2.24, 2.45) is 0 Å². The summed E-state index contributed by atoms with van der Waals surface area (Å²) < 4.78 is 0. The van der Waals surface area contributed by atoms with Crippen molar-refractivity contribution < 1.29 is 10.1 Å². The van der Waals surface area contributed by atoms with Crippen LogP contribution in [0.3, 0.4) is 0 Å². The van der Waals surface area contributed by atoms with Crippen molar-refractivity contribution in [2.75, 3.05) is 13.1 Å². The van der Waals surface area contributed by atoms with Gasteiger partial charge in [-0.25, -0.2) is 4.89 Å². The fraction of sp³-hybridized carbons (Fsp3) is 1.00. The van der Waals surface area contributed by atoms with E-state index in [0.29, 0.717) is 0 Å². The molecule has 0 saturated heterocycles. The van der Waals surface area contributed by atoms with Gasteiger partial charge in [-0.15, -0.1) is 0 Å². The van der Waals surface area contributed by atoms with Crippen LogP contribution in [0.5, 0.6) is 0 Å². The molecule has 0 radical (unpaired) electrons. The van der Waals surface area contributed by atoms with E-state index in [1.54, 1.807) is 0 Å². The van der Waals surface area contributed by atoms with Gasteiger partial charge in [0.2, 0.25) is 0 Å². The minimum Gasteiger partial charge on any atom is -0.276 e. The Labute approximate surface area is 62.5 Å². The minimum absolute atomic E-state index is 0.130. The summed E-state index contributed by atoms with van der Waals surface area (Å²) in [5.74, 6) is 0. The molecule has 0 spiro atoms. The largest absolute Gasteiger partial charge is 0.276 e. The van der Waals surface area contributed by atoms with E-state index in [1.807, 2.05) is 20.8 Å². The van der Waals surface area contributed by atoms with Gasteiger partial charge in [-0.2, -0.15) is 0 Å². The van der Waals surface area contributed by atoms with Crippen LogP contribution in [0.4, 0.5) is 0 Å². The second kappa shape index (κ2) is 5.65. The van der Waals surface area contributed by atoms with E-state index in [1.165, 1.54) is 0 Å². The highest BCUT2D eigenvalue weighted by Crippen LogP contribution is 2.02. The Kier molecular flexibility index (Phi) is 5.58. The molecule has 0 aliphatic carbocycles. The number of hydrogen-bond acceptors (Lipinski definition) is 3. The van der Waals surface area contributed by atoms with Crippen LogP contribution in [0, 0.1) is 0 Å². The van der Waals surface area contributed by atoms with Crippen molar-refractivity contribution in [1.29, 1.82) is 0 Å². The van der Waals surface area contributed by atoms with Crippen LogP contribution in [-0.2, 0) is 4.89 Å². The summed E-state index contributed by atoms with van der Waals surface area (Å²) in [4.78, 5) is 6.32. The van der Waals surface area contributed by atoms with Crippen LogP contribution in [0.25, 0.3) is 0 Å². The fourth-order valence-electron chi connectivity index (χ4n) is 1.03. The molecule has 1 atom stereocenters. The molecule has 62 valence electrons. The normalized spacial score (nSPS) is 14.1. The molecule has 3 heteroatoms. The van der Waals surface area contributed by atoms with Crippen LogP contribution >= 0.6 is 0 Å². The molecular weight excluding hydrogens is 130 g/mol. The van der Waals surface area contributed by atoms with Gasteiger partial charge in [-0.05, 0) is 19.5 Å². The smallest absolute Gasteiger partial charge is 0.145 e. The Hall–Kier alpha value is -0.120. The third-order valence-corrected chi connectivity index (χ3v) is 1.69. The SMILES string of the molecule is CCC(OO)N(CC)CC. The fourth-order valence-corrected chi connectivity index (χ4v) is 1.03. The van der Waals surface area contributed by atoms with E-state index >= 15 is 0 Å². The molecule has 0 rings (SSSR count). The van der Waals surface area contributed by atoms with Crippen LogP contribution in [0.2, 0.25) is 0 Å². The summed E-state index contributed by atoms with van der Waals surface area (Å²) in [6.07, 6.45) is 0.688. The molecule has 0 saturated carbocycles. The van der Waals surface area contributed by atoms with E-state index in [9.17, 15) is 0 Å². The number of hydrogen-bond donors (Lipinski definition) is 1. The number of nitrogens with zero attached hydrogens (tertiary/aromatic N) is 1. The summed E-state index contributed by atoms with van der Waals surface area (Å²) in [7, 11) is 0. The van der Waals surface area contributed by atoms with Crippen molar-refractivity contribution in [2.45, 2.75) is 33.4 Å². The highest BCUT2D eigenvalue weighted by molar-refractivity contribution is 4.55. The summed E-state index contributed by atoms with van der Waals surface area (Å²) in [6.45, 7) is 7.90. The molecule has 1 N–H and O–H groups in total. The highest BCUT2D eigenvalue weighted by atomic mass is 17.1. The molecule has 0 aromatic carbocycles. The molecule has 10 heavy (non-hydrogen) atoms. The quantitative estimate of drug-likeness (QED) is 0.364. The minimum atomic E-state index is -0.130. The molecule has 0 fully saturated rings. The van der Waals surface area contributed by atoms with Crippen molar-refractivity contribution in [3.05, 3.63) is 0 Å². The van der Waals surface area contributed by atoms with Crippen molar-refractivity contribution in [1.82, 2.24) is 4.90 Å². The van der Waals surface area contributed by atoms with E-state index in [2.05, 4.69) is 9.79 Å². The first kappa shape index (κ1) is 9.88. The topological polar surface area (TPSA) is 32.7 Å². The Balaban J connectivity index is 3.70. The van der Waals surface area contributed by atoms with Gasteiger partial charge >= 0.3 is 0 Å². The second-order valence-corrected chi connectivity index (χ2v) is 2.19.